The maximum atomic E-state index is 13.5. The largest absolute Gasteiger partial charge is 0.482 e. The van der Waals surface area contributed by atoms with Crippen molar-refractivity contribution in [1.82, 2.24) is 0 Å². The maximum absolute atomic E-state index is 13.5. The van der Waals surface area contributed by atoms with Crippen molar-refractivity contribution in [2.45, 2.75) is 20.0 Å². The predicted molar refractivity (Wildman–Crippen MR) is 92.5 cm³/mol. The van der Waals surface area contributed by atoms with E-state index in [2.05, 4.69) is 5.32 Å². The third-order valence-electron chi connectivity index (χ3n) is 3.48. The Bertz CT molecular complexity index is 852. The van der Waals surface area contributed by atoms with E-state index in [0.717, 1.165) is 18.2 Å². The van der Waals surface area contributed by atoms with E-state index in [1.54, 1.807) is 12.1 Å². The molecule has 0 unspecified atom stereocenters. The normalized spacial score (nSPS) is 11.4. The molecule has 0 aliphatic carbocycles. The topological polar surface area (TPSA) is 81.7 Å². The van der Waals surface area contributed by atoms with E-state index in [0.29, 0.717) is 11.3 Å². The molecule has 8 heteroatoms. The van der Waals surface area contributed by atoms with Gasteiger partial charge in [0.15, 0.2) is 18.5 Å². The Hall–Kier alpha value is -3.29. The Labute approximate surface area is 154 Å². The average molecular weight is 377 g/mol. The SMILES string of the molecule is CC(=O)c1ccc(OCC(=O)O[C@H](C)C(=O)Nc2cc(F)ccc2F)cc1. The molecule has 1 N–H and O–H groups in total. The first-order chi connectivity index (χ1) is 12.8. The van der Waals surface area contributed by atoms with Crippen LogP contribution in [0.4, 0.5) is 14.5 Å². The highest BCUT2D eigenvalue weighted by Crippen LogP contribution is 2.16. The number of esters is 1. The van der Waals surface area contributed by atoms with Gasteiger partial charge in [0.05, 0.1) is 5.69 Å². The van der Waals surface area contributed by atoms with E-state index in [1.807, 2.05) is 0 Å². The summed E-state index contributed by atoms with van der Waals surface area (Å²) in [6.07, 6.45) is -1.25. The highest BCUT2D eigenvalue weighted by atomic mass is 19.1. The van der Waals surface area contributed by atoms with Crippen LogP contribution in [0.1, 0.15) is 24.2 Å². The number of carbonyl (C=O) groups excluding carboxylic acids is 3. The molecule has 0 heterocycles. The molecule has 0 saturated heterocycles. The zero-order valence-corrected chi connectivity index (χ0v) is 14.6. The fourth-order valence-corrected chi connectivity index (χ4v) is 2.04. The van der Waals surface area contributed by atoms with Crippen molar-refractivity contribution < 1.29 is 32.6 Å². The van der Waals surface area contributed by atoms with Crippen LogP contribution in [0.2, 0.25) is 0 Å². The number of rotatable bonds is 7. The van der Waals surface area contributed by atoms with Gasteiger partial charge in [-0.2, -0.15) is 0 Å². The van der Waals surface area contributed by atoms with Crippen LogP contribution in [0.5, 0.6) is 5.75 Å². The smallest absolute Gasteiger partial charge is 0.344 e. The minimum absolute atomic E-state index is 0.101. The van der Waals surface area contributed by atoms with E-state index >= 15 is 0 Å². The Morgan fingerprint density at radius 3 is 2.37 bits per heavy atom. The molecule has 0 saturated carbocycles. The number of ketones is 1. The summed E-state index contributed by atoms with van der Waals surface area (Å²) in [4.78, 5) is 34.9. The van der Waals surface area contributed by atoms with Gasteiger partial charge >= 0.3 is 5.97 Å². The molecule has 2 rings (SSSR count). The Kier molecular flexibility index (Phi) is 6.59. The molecule has 0 aliphatic heterocycles. The lowest BCUT2D eigenvalue weighted by Crippen LogP contribution is -2.32. The highest BCUT2D eigenvalue weighted by Gasteiger charge is 2.19. The number of ether oxygens (including phenoxy) is 2. The van der Waals surface area contributed by atoms with Crippen LogP contribution in [0.25, 0.3) is 0 Å². The summed E-state index contributed by atoms with van der Waals surface area (Å²) in [5.41, 5.74) is 0.143. The second-order valence-electron chi connectivity index (χ2n) is 5.61. The van der Waals surface area contributed by atoms with Gasteiger partial charge in [0.2, 0.25) is 0 Å². The summed E-state index contributed by atoms with van der Waals surface area (Å²) in [5, 5.41) is 2.14. The van der Waals surface area contributed by atoms with Crippen molar-refractivity contribution in [3.8, 4) is 5.75 Å². The monoisotopic (exact) mass is 377 g/mol. The van der Waals surface area contributed by atoms with E-state index in [4.69, 9.17) is 9.47 Å². The number of hydrogen-bond donors (Lipinski definition) is 1. The zero-order valence-electron chi connectivity index (χ0n) is 14.6. The van der Waals surface area contributed by atoms with Crippen LogP contribution in [-0.4, -0.2) is 30.4 Å². The van der Waals surface area contributed by atoms with Gasteiger partial charge < -0.3 is 14.8 Å². The first-order valence-electron chi connectivity index (χ1n) is 7.95. The number of halogens is 2. The molecule has 27 heavy (non-hydrogen) atoms. The van der Waals surface area contributed by atoms with Gasteiger partial charge in [-0.1, -0.05) is 0 Å². The fourth-order valence-electron chi connectivity index (χ4n) is 2.04. The Morgan fingerprint density at radius 1 is 1.07 bits per heavy atom. The molecule has 0 spiro atoms. The second-order valence-corrected chi connectivity index (χ2v) is 5.61. The molecule has 0 aliphatic rings. The predicted octanol–water partition coefficient (Wildman–Crippen LogP) is 3.12. The van der Waals surface area contributed by atoms with Crippen molar-refractivity contribution >= 4 is 23.3 Å². The molecular formula is C19H17F2NO5. The van der Waals surface area contributed by atoms with Gasteiger partial charge in [0.25, 0.3) is 5.91 Å². The molecule has 142 valence electrons. The van der Waals surface area contributed by atoms with Crippen LogP contribution >= 0.6 is 0 Å². The van der Waals surface area contributed by atoms with Crippen LogP contribution in [0.15, 0.2) is 42.5 Å². The summed E-state index contributed by atoms with van der Waals surface area (Å²) >= 11 is 0. The number of Topliss-reactive ketones (excluding diaryl/α,β-unsaturated/α-hetero) is 1. The summed E-state index contributed by atoms with van der Waals surface area (Å²) in [6, 6.07) is 8.73. The van der Waals surface area contributed by atoms with Crippen LogP contribution < -0.4 is 10.1 Å². The van der Waals surface area contributed by atoms with E-state index < -0.39 is 36.2 Å². The third kappa shape index (κ3) is 5.88. The first-order valence-corrected chi connectivity index (χ1v) is 7.95. The van der Waals surface area contributed by atoms with Crippen LogP contribution in [0, 0.1) is 11.6 Å². The summed E-state index contributed by atoms with van der Waals surface area (Å²) in [6.45, 7) is 2.24. The van der Waals surface area contributed by atoms with Crippen molar-refractivity contribution in [3.63, 3.8) is 0 Å². The lowest BCUT2D eigenvalue weighted by molar-refractivity contribution is -0.155. The highest BCUT2D eigenvalue weighted by molar-refractivity contribution is 5.95. The van der Waals surface area contributed by atoms with Gasteiger partial charge in [0.1, 0.15) is 17.4 Å². The minimum atomic E-state index is -1.25. The Morgan fingerprint density at radius 2 is 1.74 bits per heavy atom. The number of nitrogens with one attached hydrogen (secondary N) is 1. The van der Waals surface area contributed by atoms with Crippen molar-refractivity contribution in [2.24, 2.45) is 0 Å². The average Bonchev–Trinajstić information content (AvgIpc) is 2.63. The van der Waals surface area contributed by atoms with Gasteiger partial charge in [-0.15, -0.1) is 0 Å². The molecule has 2 aromatic rings. The molecule has 6 nitrogen and oxygen atoms in total. The number of anilines is 1. The first kappa shape index (κ1) is 20.0. The summed E-state index contributed by atoms with van der Waals surface area (Å²) in [7, 11) is 0. The van der Waals surface area contributed by atoms with Crippen molar-refractivity contribution in [1.29, 1.82) is 0 Å². The quantitative estimate of drug-likeness (QED) is 0.592. The number of hydrogen-bond acceptors (Lipinski definition) is 5. The minimum Gasteiger partial charge on any atom is -0.482 e. The van der Waals surface area contributed by atoms with Crippen molar-refractivity contribution in [3.05, 3.63) is 59.7 Å². The number of carbonyl (C=O) groups is 3. The number of amides is 1. The van der Waals surface area contributed by atoms with Crippen LogP contribution in [-0.2, 0) is 14.3 Å². The summed E-state index contributed by atoms with van der Waals surface area (Å²) < 4.78 is 36.7. The fraction of sp³-hybridized carbons (Fsp3) is 0.211. The number of benzene rings is 2. The summed E-state index contributed by atoms with van der Waals surface area (Å²) in [5.74, 6) is -2.95. The van der Waals surface area contributed by atoms with Gasteiger partial charge in [-0.3, -0.25) is 9.59 Å². The van der Waals surface area contributed by atoms with E-state index in [9.17, 15) is 23.2 Å². The molecule has 1 amide bonds. The molecule has 0 radical (unpaired) electrons. The van der Waals surface area contributed by atoms with Gasteiger partial charge in [-0.25, -0.2) is 13.6 Å². The van der Waals surface area contributed by atoms with Crippen molar-refractivity contribution in [2.75, 3.05) is 11.9 Å². The van der Waals surface area contributed by atoms with E-state index in [-0.39, 0.29) is 11.5 Å². The van der Waals surface area contributed by atoms with Gasteiger partial charge in [0, 0.05) is 11.6 Å². The second kappa shape index (κ2) is 8.88. The van der Waals surface area contributed by atoms with Crippen LogP contribution in [0.3, 0.4) is 0 Å². The Balaban J connectivity index is 1.84. The molecule has 0 fully saturated rings. The van der Waals surface area contributed by atoms with E-state index in [1.165, 1.54) is 26.0 Å². The lowest BCUT2D eigenvalue weighted by Gasteiger charge is -2.14. The third-order valence-corrected chi connectivity index (χ3v) is 3.48. The zero-order chi connectivity index (χ0) is 20.0. The molecule has 0 bridgehead atoms. The lowest BCUT2D eigenvalue weighted by atomic mass is 10.1. The molecular weight excluding hydrogens is 360 g/mol. The molecule has 0 aromatic heterocycles. The molecule has 2 aromatic carbocycles. The standard InChI is InChI=1S/C19H17F2NO5/c1-11(23)13-3-6-15(7-4-13)26-10-18(24)27-12(2)19(25)22-17-9-14(20)5-8-16(17)21/h3-9,12H,10H2,1-2H3,(H,22,25)/t12-/m1/s1. The van der Waals surface area contributed by atoms with Gasteiger partial charge in [-0.05, 0) is 50.2 Å². The maximum Gasteiger partial charge on any atom is 0.344 e. The molecule has 1 atom stereocenters.